The van der Waals surface area contributed by atoms with E-state index in [0.717, 1.165) is 52.5 Å². The Morgan fingerprint density at radius 2 is 1.54 bits per heavy atom. The molecule has 4 aromatic rings. The largest absolute Gasteiger partial charge is 0.508 e. The summed E-state index contributed by atoms with van der Waals surface area (Å²) >= 11 is 0. The monoisotopic (exact) mass is 739 g/mol. The van der Waals surface area contributed by atoms with Gasteiger partial charge in [-0.15, -0.1) is 0 Å². The fourth-order valence-electron chi connectivity index (χ4n) is 9.19. The van der Waals surface area contributed by atoms with Gasteiger partial charge in [0, 0.05) is 37.4 Å². The molecule has 3 atom stereocenters. The van der Waals surface area contributed by atoms with E-state index in [1.165, 1.54) is 50.2 Å². The van der Waals surface area contributed by atoms with Crippen LogP contribution in [0.3, 0.4) is 0 Å². The average Bonchev–Trinajstić information content (AvgIpc) is 3.77. The van der Waals surface area contributed by atoms with Gasteiger partial charge >= 0.3 is 0 Å². The molecule has 0 amide bonds. The number of quaternary nitrogens is 1. The van der Waals surface area contributed by atoms with Gasteiger partial charge in [-0.25, -0.2) is 0 Å². The van der Waals surface area contributed by atoms with Crippen LogP contribution in [-0.4, -0.2) is 90.1 Å². The molecule has 0 spiro atoms. The van der Waals surface area contributed by atoms with Crippen LogP contribution in [0.2, 0.25) is 0 Å². The smallest absolute Gasteiger partial charge is 0.121 e. The van der Waals surface area contributed by atoms with E-state index in [9.17, 15) is 20.4 Å². The standard InChI is InChI=1S/C45H58N2O7/c48-29-38-26-37(16-17-42(38)49)43(50)27-46-20-24-52-30-33-12-14-34(15-13-33)31-53-25-23-47-21-18-36(19-22-47)44(28-47)54-32-45(51,39-8-2-3-9-39)41-11-5-7-35-6-1-4-10-40(35)41/h1,4-7,10-17,26,36,39,43-44,46,48,50-51H,2-3,8-9,18-25,27-32H2/p+1/t36?,43-,44-,45?,47?/m0/s1. The maximum atomic E-state index is 12.5. The zero-order valence-corrected chi connectivity index (χ0v) is 31.6. The number of aliphatic hydroxyl groups excluding tert-OH is 2. The van der Waals surface area contributed by atoms with Crippen molar-refractivity contribution in [2.24, 2.45) is 11.8 Å². The molecule has 0 aromatic heterocycles. The van der Waals surface area contributed by atoms with Gasteiger partial charge in [0.05, 0.1) is 58.8 Å². The van der Waals surface area contributed by atoms with Crippen molar-refractivity contribution in [3.63, 3.8) is 0 Å². The average molecular weight is 740 g/mol. The highest BCUT2D eigenvalue weighted by molar-refractivity contribution is 5.86. The van der Waals surface area contributed by atoms with Crippen LogP contribution in [0.1, 0.15) is 72.4 Å². The molecule has 3 saturated heterocycles. The van der Waals surface area contributed by atoms with Crippen LogP contribution in [0, 0.1) is 11.8 Å². The maximum Gasteiger partial charge on any atom is 0.121 e. The molecule has 4 aliphatic rings. The lowest BCUT2D eigenvalue weighted by Crippen LogP contribution is -2.65. The maximum absolute atomic E-state index is 12.5. The lowest BCUT2D eigenvalue weighted by atomic mass is 9.78. The van der Waals surface area contributed by atoms with Gasteiger partial charge in [-0.05, 0) is 63.9 Å². The second kappa shape index (κ2) is 18.0. The normalized spacial score (nSPS) is 23.2. The minimum Gasteiger partial charge on any atom is -0.508 e. The Hall–Kier alpha value is -3.38. The number of nitrogens with zero attached hydrogens (tertiary/aromatic N) is 1. The van der Waals surface area contributed by atoms with Crippen molar-refractivity contribution in [1.82, 2.24) is 5.32 Å². The van der Waals surface area contributed by atoms with E-state index in [1.807, 2.05) is 0 Å². The Balaban J connectivity index is 0.829. The van der Waals surface area contributed by atoms with Crippen LogP contribution in [-0.2, 0) is 39.6 Å². The van der Waals surface area contributed by atoms with Crippen molar-refractivity contribution in [3.05, 3.63) is 113 Å². The quantitative estimate of drug-likeness (QED) is 0.0579. The molecule has 2 bridgehead atoms. The highest BCUT2D eigenvalue weighted by Crippen LogP contribution is 2.44. The Morgan fingerprint density at radius 1 is 0.833 bits per heavy atom. The molecule has 0 radical (unpaired) electrons. The van der Waals surface area contributed by atoms with Crippen LogP contribution < -0.4 is 5.32 Å². The number of phenols is 1. The van der Waals surface area contributed by atoms with Crippen molar-refractivity contribution < 1.29 is 39.1 Å². The zero-order chi connectivity index (χ0) is 37.4. The molecule has 8 rings (SSSR count). The van der Waals surface area contributed by atoms with E-state index < -0.39 is 11.7 Å². The molecule has 1 aliphatic carbocycles. The van der Waals surface area contributed by atoms with Crippen LogP contribution in [0.4, 0.5) is 0 Å². The molecule has 54 heavy (non-hydrogen) atoms. The van der Waals surface area contributed by atoms with E-state index in [1.54, 1.807) is 12.1 Å². The predicted octanol–water partition coefficient (Wildman–Crippen LogP) is 6.10. The number of rotatable bonds is 19. The predicted molar refractivity (Wildman–Crippen MR) is 210 cm³/mol. The van der Waals surface area contributed by atoms with Gasteiger partial charge in [-0.1, -0.05) is 85.6 Å². The van der Waals surface area contributed by atoms with Crippen molar-refractivity contribution >= 4 is 10.8 Å². The summed E-state index contributed by atoms with van der Waals surface area (Å²) in [5.74, 6) is 0.809. The number of hydrogen-bond acceptors (Lipinski definition) is 8. The Morgan fingerprint density at radius 3 is 2.28 bits per heavy atom. The first-order valence-electron chi connectivity index (χ1n) is 20.1. The number of piperidine rings is 3. The number of aromatic hydroxyl groups is 1. The zero-order valence-electron chi connectivity index (χ0n) is 31.6. The first kappa shape index (κ1) is 38.9. The van der Waals surface area contributed by atoms with Gasteiger partial charge in [0.15, 0.2) is 0 Å². The third-order valence-corrected chi connectivity index (χ3v) is 12.5. The molecule has 1 unspecified atom stereocenters. The van der Waals surface area contributed by atoms with Crippen LogP contribution in [0.5, 0.6) is 5.75 Å². The third-order valence-electron chi connectivity index (χ3n) is 12.5. The lowest BCUT2D eigenvalue weighted by molar-refractivity contribution is -0.946. The molecule has 3 aliphatic heterocycles. The van der Waals surface area contributed by atoms with Gasteiger partial charge in [-0.2, -0.15) is 0 Å². The van der Waals surface area contributed by atoms with Crippen molar-refractivity contribution in [2.45, 2.75) is 76.2 Å². The molecule has 4 aromatic carbocycles. The third kappa shape index (κ3) is 9.18. The topological polar surface area (TPSA) is 121 Å². The summed E-state index contributed by atoms with van der Waals surface area (Å²) in [6.07, 6.45) is 6.22. The molecular formula is C45H59N2O7+. The Labute approximate surface area is 320 Å². The SMILES string of the molecule is OCc1cc([C@@H](O)CNCCOCc2ccc(COCC[N+]34CCC(CC3)[C@@H](OCC(O)(c3cccc5ccccc35)C3CCCC3)C4)cc2)ccc1O. The van der Waals surface area contributed by atoms with Gasteiger partial charge in [0.1, 0.15) is 30.5 Å². The highest BCUT2D eigenvalue weighted by atomic mass is 16.5. The summed E-state index contributed by atoms with van der Waals surface area (Å²) in [6.45, 7) is 7.67. The fourth-order valence-corrected chi connectivity index (χ4v) is 9.19. The van der Waals surface area contributed by atoms with Crippen molar-refractivity contribution in [2.75, 3.05) is 59.1 Å². The second-order valence-electron chi connectivity index (χ2n) is 16.0. The van der Waals surface area contributed by atoms with Crippen LogP contribution in [0.25, 0.3) is 10.8 Å². The van der Waals surface area contributed by atoms with Crippen molar-refractivity contribution in [3.8, 4) is 5.75 Å². The Bertz CT molecular complexity index is 1780. The summed E-state index contributed by atoms with van der Waals surface area (Å²) < 4.78 is 20.0. The molecule has 1 saturated carbocycles. The molecule has 9 heteroatoms. The number of aliphatic hydroxyl groups is 3. The Kier molecular flexibility index (Phi) is 13.0. The summed E-state index contributed by atoms with van der Waals surface area (Å²) in [7, 11) is 0. The molecule has 3 heterocycles. The second-order valence-corrected chi connectivity index (χ2v) is 16.0. The first-order valence-corrected chi connectivity index (χ1v) is 20.1. The first-order chi connectivity index (χ1) is 26.4. The summed E-state index contributed by atoms with van der Waals surface area (Å²) in [5.41, 5.74) is 3.33. The van der Waals surface area contributed by atoms with Gasteiger partial charge in [0.25, 0.3) is 0 Å². The van der Waals surface area contributed by atoms with Gasteiger partial charge < -0.3 is 44.4 Å². The van der Waals surface area contributed by atoms with E-state index in [-0.39, 0.29) is 24.4 Å². The van der Waals surface area contributed by atoms with Gasteiger partial charge in [-0.3, -0.25) is 0 Å². The van der Waals surface area contributed by atoms with Gasteiger partial charge in [0.2, 0.25) is 0 Å². The summed E-state index contributed by atoms with van der Waals surface area (Å²) in [4.78, 5) is 0. The molecule has 290 valence electrons. The molecule has 5 N–H and O–H groups in total. The van der Waals surface area contributed by atoms with Crippen LogP contribution in [0.15, 0.2) is 84.9 Å². The minimum absolute atomic E-state index is 0.0230. The number of fused-ring (bicyclic) bond motifs is 4. The fraction of sp³-hybridized carbons (Fsp3) is 0.511. The highest BCUT2D eigenvalue weighted by Gasteiger charge is 2.48. The van der Waals surface area contributed by atoms with Crippen molar-refractivity contribution in [1.29, 1.82) is 0 Å². The number of nitrogens with one attached hydrogen (secondary N) is 1. The molecule has 9 nitrogen and oxygen atoms in total. The van der Waals surface area contributed by atoms with Crippen LogP contribution >= 0.6 is 0 Å². The number of ether oxygens (including phenoxy) is 3. The minimum atomic E-state index is -0.982. The molecule has 4 fully saturated rings. The lowest BCUT2D eigenvalue weighted by Gasteiger charge is -2.52. The number of hydrogen-bond donors (Lipinski definition) is 5. The van der Waals surface area contributed by atoms with E-state index in [0.29, 0.717) is 63.2 Å². The summed E-state index contributed by atoms with van der Waals surface area (Å²) in [5, 5.41) is 47.5. The van der Waals surface area contributed by atoms with E-state index >= 15 is 0 Å². The van der Waals surface area contributed by atoms with E-state index in [2.05, 4.69) is 72.0 Å². The summed E-state index contributed by atoms with van der Waals surface area (Å²) in [6, 6.07) is 27.9. The molecular weight excluding hydrogens is 681 g/mol. The van der Waals surface area contributed by atoms with E-state index in [4.69, 9.17) is 14.2 Å². The number of benzene rings is 4.